The molecule has 92 heavy (non-hydrogen) atoms. The number of phosphoric ester groups is 1. The van der Waals surface area contributed by atoms with Crippen molar-refractivity contribution in [3.05, 3.63) is 60.8 Å². The number of carbonyl (C=O) groups excluding carboxylic acids is 1. The predicted octanol–water partition coefficient (Wildman–Crippen LogP) is 26.0. The van der Waals surface area contributed by atoms with Crippen molar-refractivity contribution in [1.82, 2.24) is 5.32 Å². The Morgan fingerprint density at radius 3 is 0.967 bits per heavy atom. The zero-order valence-electron chi connectivity index (χ0n) is 62.3. The molecule has 1 amide bonds. The molecule has 542 valence electrons. The normalized spacial score (nSPS) is 13.8. The third-order valence-electron chi connectivity index (χ3n) is 18.7. The first kappa shape index (κ1) is 90.2. The van der Waals surface area contributed by atoms with Gasteiger partial charge in [-0.1, -0.05) is 408 Å². The van der Waals surface area contributed by atoms with E-state index in [9.17, 15) is 19.4 Å². The first-order chi connectivity index (χ1) is 45.0. The molecule has 0 saturated heterocycles. The number of hydrogen-bond donors (Lipinski definition) is 2. The minimum atomic E-state index is -4.61. The van der Waals surface area contributed by atoms with E-state index in [-0.39, 0.29) is 19.1 Å². The van der Waals surface area contributed by atoms with Crippen LogP contribution in [0.5, 0.6) is 0 Å². The highest BCUT2D eigenvalue weighted by atomic mass is 31.2. The topological polar surface area (TPSA) is 108 Å². The second-order valence-electron chi connectivity index (χ2n) is 29.1. The minimum Gasteiger partial charge on any atom is -0.756 e. The number of quaternary nitrogens is 1. The molecule has 0 saturated carbocycles. The number of phosphoric acid groups is 1. The van der Waals surface area contributed by atoms with E-state index in [4.69, 9.17) is 9.05 Å². The summed E-state index contributed by atoms with van der Waals surface area (Å²) in [5.74, 6) is -0.188. The van der Waals surface area contributed by atoms with E-state index < -0.39 is 20.0 Å². The third-order valence-corrected chi connectivity index (χ3v) is 19.7. The van der Waals surface area contributed by atoms with Gasteiger partial charge < -0.3 is 28.8 Å². The van der Waals surface area contributed by atoms with Crippen molar-refractivity contribution >= 4 is 13.7 Å². The molecular formula is C83H159N2O6P. The predicted molar refractivity (Wildman–Crippen MR) is 404 cm³/mol. The summed E-state index contributed by atoms with van der Waals surface area (Å²) in [5.41, 5.74) is 0. The number of likely N-dealkylation sites (N-methyl/N-ethyl adjacent to an activating group) is 1. The van der Waals surface area contributed by atoms with Crippen molar-refractivity contribution in [2.75, 3.05) is 40.9 Å². The van der Waals surface area contributed by atoms with Crippen LogP contribution in [0.15, 0.2) is 60.8 Å². The molecule has 0 aromatic rings. The van der Waals surface area contributed by atoms with Gasteiger partial charge in [0.25, 0.3) is 7.82 Å². The fourth-order valence-electron chi connectivity index (χ4n) is 12.5. The van der Waals surface area contributed by atoms with Gasteiger partial charge in [0, 0.05) is 6.42 Å². The van der Waals surface area contributed by atoms with Gasteiger partial charge in [-0.05, 0) is 57.8 Å². The number of nitrogens with zero attached hydrogens (tertiary/aromatic N) is 1. The number of aliphatic hydroxyl groups is 1. The Hall–Kier alpha value is -1.80. The molecule has 0 radical (unpaired) electrons. The zero-order chi connectivity index (χ0) is 66.9. The third kappa shape index (κ3) is 75.6. The van der Waals surface area contributed by atoms with Gasteiger partial charge in [-0.2, -0.15) is 0 Å². The monoisotopic (exact) mass is 1310 g/mol. The molecule has 0 aliphatic rings. The van der Waals surface area contributed by atoms with Gasteiger partial charge in [-0.15, -0.1) is 0 Å². The summed E-state index contributed by atoms with van der Waals surface area (Å²) >= 11 is 0. The summed E-state index contributed by atoms with van der Waals surface area (Å²) in [7, 11) is 1.28. The maximum absolute atomic E-state index is 13.1. The molecule has 0 aliphatic carbocycles. The molecule has 0 aromatic carbocycles. The molecule has 3 atom stereocenters. The number of nitrogens with one attached hydrogen (secondary N) is 1. The largest absolute Gasteiger partial charge is 0.756 e. The summed E-state index contributed by atoms with van der Waals surface area (Å²) in [6.45, 7) is 4.60. The van der Waals surface area contributed by atoms with Gasteiger partial charge in [0.1, 0.15) is 13.2 Å². The average Bonchev–Trinajstić information content (AvgIpc) is 2.63. The van der Waals surface area contributed by atoms with Crippen LogP contribution in [0.4, 0.5) is 0 Å². The van der Waals surface area contributed by atoms with Crippen LogP contribution in [-0.2, 0) is 18.4 Å². The Balaban J connectivity index is 3.91. The molecule has 0 spiro atoms. The number of carbonyl (C=O) groups is 1. The number of unbranched alkanes of at least 4 members (excludes halogenated alkanes) is 55. The minimum absolute atomic E-state index is 0.00109. The maximum Gasteiger partial charge on any atom is 0.268 e. The standard InChI is InChI=1S/C83H159N2O6P/c1-6-8-10-12-14-16-18-20-22-24-26-28-30-32-34-36-37-38-39-40-41-42-43-44-45-46-47-49-51-53-55-57-59-61-63-65-67-69-71-73-75-77-83(87)84-81(80-91-92(88,89)90-79-78-85(3,4)5)82(86)76-74-72-70-68-66-64-62-60-58-56-54-52-50-48-35-33-31-29-27-25-23-21-19-17-15-13-11-9-7-2/h8,10,14,16,20,22,26,28,74,76,81-82,86H,6-7,9,11-13,15,17-19,21,23-25,27,29-73,75,77-80H2,1-5H3,(H-,84,87,88,89)/b10-8-,16-14-,22-20-,28-26-,76-74+. The van der Waals surface area contributed by atoms with Gasteiger partial charge >= 0.3 is 0 Å². The van der Waals surface area contributed by atoms with Crippen LogP contribution in [0.1, 0.15) is 412 Å². The van der Waals surface area contributed by atoms with Crippen LogP contribution >= 0.6 is 7.82 Å². The number of amides is 1. The van der Waals surface area contributed by atoms with Crippen LogP contribution in [0, 0.1) is 0 Å². The fraction of sp³-hybridized carbons (Fsp3) is 0.867. The second-order valence-corrected chi connectivity index (χ2v) is 30.5. The Bertz CT molecular complexity index is 1690. The summed E-state index contributed by atoms with van der Waals surface area (Å²) in [4.78, 5) is 25.7. The molecular weight excluding hydrogens is 1150 g/mol. The second kappa shape index (κ2) is 73.4. The molecule has 0 fully saturated rings. The lowest BCUT2D eigenvalue weighted by Gasteiger charge is -2.29. The highest BCUT2D eigenvalue weighted by molar-refractivity contribution is 7.45. The van der Waals surface area contributed by atoms with Gasteiger partial charge in [0.05, 0.1) is 39.9 Å². The highest BCUT2D eigenvalue weighted by Gasteiger charge is 2.23. The smallest absolute Gasteiger partial charge is 0.268 e. The van der Waals surface area contributed by atoms with Crippen LogP contribution in [0.3, 0.4) is 0 Å². The SMILES string of the molecule is CC/C=C\C/C=C\C/C=C\C/C=C\CCCCCCCCCCCCCCCCCCCCCCCCCCCCCCC(=O)NC(COP(=O)([O-])OCC[N+](C)(C)C)C(O)/C=C/CCCCCCCCCCCCCCCCCCCCCCCCCCCCC. The van der Waals surface area contributed by atoms with Crippen molar-refractivity contribution in [2.45, 2.75) is 424 Å². The van der Waals surface area contributed by atoms with Crippen molar-refractivity contribution in [3.63, 3.8) is 0 Å². The van der Waals surface area contributed by atoms with Crippen molar-refractivity contribution in [3.8, 4) is 0 Å². The quantitative estimate of drug-likeness (QED) is 0.0272. The van der Waals surface area contributed by atoms with E-state index in [0.717, 1.165) is 64.2 Å². The molecule has 0 aromatic heterocycles. The van der Waals surface area contributed by atoms with Gasteiger partial charge in [0.15, 0.2) is 0 Å². The van der Waals surface area contributed by atoms with Gasteiger partial charge in [-0.3, -0.25) is 9.36 Å². The molecule has 0 rings (SSSR count). The van der Waals surface area contributed by atoms with Crippen LogP contribution in [0.2, 0.25) is 0 Å². The summed E-state index contributed by atoms with van der Waals surface area (Å²) < 4.78 is 23.5. The Kier molecular flexibility index (Phi) is 72.0. The van der Waals surface area contributed by atoms with E-state index in [0.29, 0.717) is 17.4 Å². The lowest BCUT2D eigenvalue weighted by atomic mass is 10.0. The molecule has 3 unspecified atom stereocenters. The van der Waals surface area contributed by atoms with E-state index in [1.165, 1.54) is 327 Å². The number of hydrogen-bond acceptors (Lipinski definition) is 6. The highest BCUT2D eigenvalue weighted by Crippen LogP contribution is 2.38. The average molecular weight is 1310 g/mol. The zero-order valence-corrected chi connectivity index (χ0v) is 63.2. The lowest BCUT2D eigenvalue weighted by Crippen LogP contribution is -2.45. The van der Waals surface area contributed by atoms with Crippen molar-refractivity contribution in [1.29, 1.82) is 0 Å². The summed E-state index contributed by atoms with van der Waals surface area (Å²) in [6, 6.07) is -0.888. The molecule has 8 nitrogen and oxygen atoms in total. The summed E-state index contributed by atoms with van der Waals surface area (Å²) in [6.07, 6.45) is 103. The van der Waals surface area contributed by atoms with Gasteiger partial charge in [0.2, 0.25) is 5.91 Å². The Morgan fingerprint density at radius 2 is 0.663 bits per heavy atom. The maximum atomic E-state index is 13.1. The molecule has 2 N–H and O–H groups in total. The van der Waals surface area contributed by atoms with Crippen molar-refractivity contribution in [2.24, 2.45) is 0 Å². The first-order valence-electron chi connectivity index (χ1n) is 40.7. The molecule has 0 bridgehead atoms. The van der Waals surface area contributed by atoms with Gasteiger partial charge in [-0.25, -0.2) is 0 Å². The van der Waals surface area contributed by atoms with E-state index >= 15 is 0 Å². The fourth-order valence-corrected chi connectivity index (χ4v) is 13.2. The number of allylic oxidation sites excluding steroid dienone is 9. The van der Waals surface area contributed by atoms with Crippen LogP contribution in [-0.4, -0.2) is 68.5 Å². The Labute approximate surface area is 574 Å². The van der Waals surface area contributed by atoms with Crippen molar-refractivity contribution < 1.29 is 32.9 Å². The molecule has 0 heterocycles. The molecule has 9 heteroatoms. The van der Waals surface area contributed by atoms with E-state index in [2.05, 4.69) is 67.8 Å². The number of aliphatic hydroxyl groups excluding tert-OH is 1. The number of rotatable bonds is 76. The van der Waals surface area contributed by atoms with Crippen LogP contribution < -0.4 is 10.2 Å². The Morgan fingerprint density at radius 1 is 0.391 bits per heavy atom. The van der Waals surface area contributed by atoms with Crippen LogP contribution in [0.25, 0.3) is 0 Å². The van der Waals surface area contributed by atoms with E-state index in [1.54, 1.807) is 6.08 Å². The van der Waals surface area contributed by atoms with E-state index in [1.807, 2.05) is 27.2 Å². The lowest BCUT2D eigenvalue weighted by molar-refractivity contribution is -0.870. The molecule has 0 aliphatic heterocycles. The first-order valence-corrected chi connectivity index (χ1v) is 42.1. The summed E-state index contributed by atoms with van der Waals surface area (Å²) in [5, 5.41) is 14.0.